The number of aliphatic hydroxyl groups excluding tert-OH is 4. The Morgan fingerprint density at radius 2 is 1.08 bits per heavy atom. The first-order valence-corrected chi connectivity index (χ1v) is 7.53. The highest BCUT2D eigenvalue weighted by atomic mass is 16.5. The second kappa shape index (κ2) is 10.7. The lowest BCUT2D eigenvalue weighted by Gasteiger charge is -2.17. The zero-order valence-electron chi connectivity index (χ0n) is 13.2. The fraction of sp³-hybridized carbons (Fsp3) is 0.500. The highest BCUT2D eigenvalue weighted by molar-refractivity contribution is 5.96. The maximum atomic E-state index is 12.1. The fourth-order valence-corrected chi connectivity index (χ4v) is 2.30. The van der Waals surface area contributed by atoms with Crippen molar-refractivity contribution < 1.29 is 39.5 Å². The number of benzene rings is 1. The number of hydrogen-bond donors (Lipinski definition) is 4. The van der Waals surface area contributed by atoms with E-state index in [1.807, 2.05) is 0 Å². The lowest BCUT2D eigenvalue weighted by molar-refractivity contribution is 0.0419. The average Bonchev–Trinajstić information content (AvgIpc) is 2.59. The van der Waals surface area contributed by atoms with Crippen molar-refractivity contribution in [3.8, 4) is 0 Å². The minimum atomic E-state index is -0.693. The van der Waals surface area contributed by atoms with Gasteiger partial charge in [-0.15, -0.1) is 0 Å². The third kappa shape index (κ3) is 5.27. The third-order valence-corrected chi connectivity index (χ3v) is 3.24. The van der Waals surface area contributed by atoms with Crippen LogP contribution in [0.1, 0.15) is 31.8 Å². The van der Waals surface area contributed by atoms with Crippen molar-refractivity contribution in [2.45, 2.75) is 12.8 Å². The molecule has 0 amide bonds. The van der Waals surface area contributed by atoms with E-state index in [2.05, 4.69) is 0 Å². The summed E-state index contributed by atoms with van der Waals surface area (Å²) < 4.78 is 9.76. The molecule has 4 N–H and O–H groups in total. The van der Waals surface area contributed by atoms with Crippen molar-refractivity contribution in [2.75, 3.05) is 39.6 Å². The molecule has 0 aliphatic carbocycles. The van der Waals surface area contributed by atoms with Crippen molar-refractivity contribution >= 4 is 11.9 Å². The van der Waals surface area contributed by atoms with E-state index >= 15 is 0 Å². The van der Waals surface area contributed by atoms with Crippen LogP contribution in [0.25, 0.3) is 0 Å². The number of rotatable bonds is 10. The van der Waals surface area contributed by atoms with Gasteiger partial charge in [0, 0.05) is 13.2 Å². The van der Waals surface area contributed by atoms with E-state index in [0.717, 1.165) is 0 Å². The van der Waals surface area contributed by atoms with Gasteiger partial charge in [0.15, 0.2) is 0 Å². The zero-order valence-corrected chi connectivity index (χ0v) is 13.2. The minimum Gasteiger partial charge on any atom is -0.460 e. The van der Waals surface area contributed by atoms with Gasteiger partial charge in [-0.25, -0.2) is 9.59 Å². The standard InChI is InChI=1S/C16H22O8/c17-5-3-11-12(4-6-18)14(16(22)24-10-8-20)2-1-13(11)15(21)23-9-7-19/h1-2,17-20H,3-10H2. The molecule has 0 saturated carbocycles. The van der Waals surface area contributed by atoms with E-state index in [1.54, 1.807) is 0 Å². The number of esters is 2. The number of aliphatic hydroxyl groups is 4. The zero-order chi connectivity index (χ0) is 17.9. The van der Waals surface area contributed by atoms with E-state index in [1.165, 1.54) is 12.1 Å². The molecule has 0 radical (unpaired) electrons. The van der Waals surface area contributed by atoms with E-state index in [-0.39, 0.29) is 63.6 Å². The van der Waals surface area contributed by atoms with Crippen LogP contribution in [0.4, 0.5) is 0 Å². The molecule has 0 fully saturated rings. The highest BCUT2D eigenvalue weighted by Crippen LogP contribution is 2.23. The molecule has 0 saturated heterocycles. The summed E-state index contributed by atoms with van der Waals surface area (Å²) >= 11 is 0. The van der Waals surface area contributed by atoms with Gasteiger partial charge in [-0.2, -0.15) is 0 Å². The Kier molecular flexibility index (Phi) is 8.95. The monoisotopic (exact) mass is 342 g/mol. The summed E-state index contributed by atoms with van der Waals surface area (Å²) in [6.45, 7) is -1.53. The smallest absolute Gasteiger partial charge is 0.338 e. The fourth-order valence-electron chi connectivity index (χ4n) is 2.30. The van der Waals surface area contributed by atoms with Gasteiger partial charge >= 0.3 is 11.9 Å². The molecule has 0 spiro atoms. The van der Waals surface area contributed by atoms with Crippen LogP contribution in [-0.2, 0) is 22.3 Å². The van der Waals surface area contributed by atoms with Gasteiger partial charge < -0.3 is 29.9 Å². The second-order valence-corrected chi connectivity index (χ2v) is 4.78. The van der Waals surface area contributed by atoms with Crippen LogP contribution in [0.2, 0.25) is 0 Å². The molecular formula is C16H22O8. The molecule has 0 atom stereocenters. The summed E-state index contributed by atoms with van der Waals surface area (Å²) in [6.07, 6.45) is 0.167. The van der Waals surface area contributed by atoms with Crippen LogP contribution < -0.4 is 0 Å². The van der Waals surface area contributed by atoms with Gasteiger partial charge in [-0.3, -0.25) is 0 Å². The highest BCUT2D eigenvalue weighted by Gasteiger charge is 2.22. The summed E-state index contributed by atoms with van der Waals surface area (Å²) in [5.74, 6) is -1.39. The van der Waals surface area contributed by atoms with Gasteiger partial charge in [0.25, 0.3) is 0 Å². The van der Waals surface area contributed by atoms with E-state index in [0.29, 0.717) is 11.1 Å². The van der Waals surface area contributed by atoms with E-state index in [9.17, 15) is 19.8 Å². The molecule has 0 unspecified atom stereocenters. The number of carbonyl (C=O) groups excluding carboxylic acids is 2. The molecule has 8 nitrogen and oxygen atoms in total. The summed E-state index contributed by atoms with van der Waals surface area (Å²) in [7, 11) is 0. The molecule has 0 bridgehead atoms. The SMILES string of the molecule is O=C(OCCO)c1ccc(C(=O)OCCO)c(CCO)c1CCO. The van der Waals surface area contributed by atoms with Gasteiger partial charge in [-0.05, 0) is 36.1 Å². The molecule has 0 heterocycles. The normalized spacial score (nSPS) is 10.5. The van der Waals surface area contributed by atoms with E-state index in [4.69, 9.17) is 19.7 Å². The molecule has 1 aromatic rings. The minimum absolute atomic E-state index is 0.0833. The maximum Gasteiger partial charge on any atom is 0.338 e. The third-order valence-electron chi connectivity index (χ3n) is 3.24. The van der Waals surface area contributed by atoms with Crippen LogP contribution >= 0.6 is 0 Å². The van der Waals surface area contributed by atoms with Crippen molar-refractivity contribution in [1.82, 2.24) is 0 Å². The van der Waals surface area contributed by atoms with Crippen LogP contribution in [0, 0.1) is 0 Å². The Bertz CT molecular complexity index is 506. The second-order valence-electron chi connectivity index (χ2n) is 4.78. The average molecular weight is 342 g/mol. The first kappa shape index (κ1) is 20.0. The van der Waals surface area contributed by atoms with Gasteiger partial charge in [0.05, 0.1) is 24.3 Å². The molecule has 1 aromatic carbocycles. The first-order valence-electron chi connectivity index (χ1n) is 7.53. The lowest BCUT2D eigenvalue weighted by atomic mass is 9.92. The molecule has 134 valence electrons. The molecule has 0 aromatic heterocycles. The number of ether oxygens (including phenoxy) is 2. The molecule has 8 heteroatoms. The first-order chi connectivity index (χ1) is 11.6. The Morgan fingerprint density at radius 3 is 1.38 bits per heavy atom. The van der Waals surface area contributed by atoms with Crippen LogP contribution in [-0.4, -0.2) is 72.0 Å². The topological polar surface area (TPSA) is 134 Å². The summed E-state index contributed by atoms with van der Waals surface area (Å²) in [5, 5.41) is 36.0. The molecule has 0 aliphatic rings. The van der Waals surface area contributed by atoms with Crippen LogP contribution in [0.5, 0.6) is 0 Å². The predicted octanol–water partition coefficient (Wildman–Crippen LogP) is -0.946. The Morgan fingerprint density at radius 1 is 0.708 bits per heavy atom. The summed E-state index contributed by atoms with van der Waals surface area (Å²) in [4.78, 5) is 24.2. The number of carbonyl (C=O) groups is 2. The van der Waals surface area contributed by atoms with Crippen LogP contribution in [0.15, 0.2) is 12.1 Å². The van der Waals surface area contributed by atoms with Crippen molar-refractivity contribution in [1.29, 1.82) is 0 Å². The molecule has 24 heavy (non-hydrogen) atoms. The van der Waals surface area contributed by atoms with Crippen molar-refractivity contribution in [3.05, 3.63) is 34.4 Å². The Balaban J connectivity index is 3.30. The Labute approximate surface area is 139 Å². The molecule has 0 aliphatic heterocycles. The van der Waals surface area contributed by atoms with Crippen LogP contribution in [0.3, 0.4) is 0 Å². The summed E-state index contributed by atoms with van der Waals surface area (Å²) in [5.41, 5.74) is 1.07. The van der Waals surface area contributed by atoms with Crippen molar-refractivity contribution in [3.63, 3.8) is 0 Å². The predicted molar refractivity (Wildman–Crippen MR) is 82.8 cm³/mol. The van der Waals surface area contributed by atoms with Gasteiger partial charge in [-0.1, -0.05) is 0 Å². The lowest BCUT2D eigenvalue weighted by Crippen LogP contribution is -2.18. The van der Waals surface area contributed by atoms with Crippen molar-refractivity contribution in [2.24, 2.45) is 0 Å². The van der Waals surface area contributed by atoms with E-state index < -0.39 is 11.9 Å². The maximum absolute atomic E-state index is 12.1. The largest absolute Gasteiger partial charge is 0.460 e. The molecular weight excluding hydrogens is 320 g/mol. The number of hydrogen-bond acceptors (Lipinski definition) is 8. The summed E-state index contributed by atoms with van der Waals surface area (Å²) in [6, 6.07) is 2.75. The molecule has 1 rings (SSSR count). The quantitative estimate of drug-likeness (QED) is 0.400. The van der Waals surface area contributed by atoms with Gasteiger partial charge in [0.1, 0.15) is 13.2 Å². The van der Waals surface area contributed by atoms with Gasteiger partial charge in [0.2, 0.25) is 0 Å². The Hall–Kier alpha value is -2.00.